The van der Waals surface area contributed by atoms with Gasteiger partial charge in [0.25, 0.3) is 0 Å². The second-order valence-electron chi connectivity index (χ2n) is 4.10. The van der Waals surface area contributed by atoms with E-state index >= 15 is 0 Å². The fourth-order valence-corrected chi connectivity index (χ4v) is 1.82. The highest BCUT2D eigenvalue weighted by molar-refractivity contribution is 5.18. The summed E-state index contributed by atoms with van der Waals surface area (Å²) in [5, 5.41) is 18.9. The highest BCUT2D eigenvalue weighted by Gasteiger charge is 2.13. The summed E-state index contributed by atoms with van der Waals surface area (Å²) in [6.07, 6.45) is 0.236. The lowest BCUT2D eigenvalue weighted by atomic mass is 10.1. The standard InChI is InChI=1S/C13H20FNO2/c1-2-6-15(7-8-16)10-13(17)11-4-3-5-12(14)9-11/h3-5,9,13,16-17H,2,6-8,10H2,1H3. The Bertz CT molecular complexity index is 327. The van der Waals surface area contributed by atoms with Gasteiger partial charge in [0.1, 0.15) is 5.82 Å². The molecule has 1 rings (SSSR count). The molecular formula is C13H20FNO2. The minimum absolute atomic E-state index is 0.0653. The molecule has 0 aliphatic rings. The summed E-state index contributed by atoms with van der Waals surface area (Å²) in [5.41, 5.74) is 0.573. The van der Waals surface area contributed by atoms with Crippen LogP contribution in [0.5, 0.6) is 0 Å². The molecule has 1 unspecified atom stereocenters. The molecule has 0 heterocycles. The number of halogens is 1. The monoisotopic (exact) mass is 241 g/mol. The van der Waals surface area contributed by atoms with Crippen LogP contribution in [0.4, 0.5) is 4.39 Å². The molecule has 0 aliphatic carbocycles. The topological polar surface area (TPSA) is 43.7 Å². The molecule has 0 amide bonds. The molecule has 96 valence electrons. The SMILES string of the molecule is CCCN(CCO)CC(O)c1cccc(F)c1. The van der Waals surface area contributed by atoms with Crippen molar-refractivity contribution in [3.05, 3.63) is 35.6 Å². The van der Waals surface area contributed by atoms with Gasteiger partial charge in [0, 0.05) is 13.1 Å². The number of benzene rings is 1. The average Bonchev–Trinajstić information content (AvgIpc) is 2.29. The number of aliphatic hydroxyl groups is 2. The van der Waals surface area contributed by atoms with E-state index in [0.717, 1.165) is 13.0 Å². The minimum Gasteiger partial charge on any atom is -0.395 e. The van der Waals surface area contributed by atoms with Crippen molar-refractivity contribution in [3.63, 3.8) is 0 Å². The Balaban J connectivity index is 2.59. The number of aliphatic hydroxyl groups excluding tert-OH is 2. The molecule has 1 aromatic rings. The van der Waals surface area contributed by atoms with Crippen LogP contribution in [0.2, 0.25) is 0 Å². The molecule has 0 saturated carbocycles. The molecule has 17 heavy (non-hydrogen) atoms. The molecule has 0 radical (unpaired) electrons. The molecule has 0 saturated heterocycles. The third-order valence-corrected chi connectivity index (χ3v) is 2.62. The first kappa shape index (κ1) is 14.1. The van der Waals surface area contributed by atoms with E-state index in [-0.39, 0.29) is 12.4 Å². The normalized spacial score (nSPS) is 13.0. The van der Waals surface area contributed by atoms with Gasteiger partial charge in [0.15, 0.2) is 0 Å². The largest absolute Gasteiger partial charge is 0.395 e. The van der Waals surface area contributed by atoms with E-state index in [2.05, 4.69) is 0 Å². The molecule has 1 atom stereocenters. The summed E-state index contributed by atoms with van der Waals surface area (Å²) in [5.74, 6) is -0.342. The van der Waals surface area contributed by atoms with Crippen molar-refractivity contribution in [2.75, 3.05) is 26.2 Å². The quantitative estimate of drug-likeness (QED) is 0.761. The second-order valence-corrected chi connectivity index (χ2v) is 4.10. The van der Waals surface area contributed by atoms with Crippen LogP contribution in [-0.2, 0) is 0 Å². The summed E-state index contributed by atoms with van der Waals surface area (Å²) < 4.78 is 13.0. The van der Waals surface area contributed by atoms with Crippen LogP contribution >= 0.6 is 0 Å². The highest BCUT2D eigenvalue weighted by Crippen LogP contribution is 2.15. The first-order valence-corrected chi connectivity index (χ1v) is 5.94. The van der Waals surface area contributed by atoms with Crippen molar-refractivity contribution in [2.45, 2.75) is 19.4 Å². The molecule has 0 fully saturated rings. The number of nitrogens with zero attached hydrogens (tertiary/aromatic N) is 1. The van der Waals surface area contributed by atoms with Crippen LogP contribution in [0.15, 0.2) is 24.3 Å². The van der Waals surface area contributed by atoms with E-state index in [4.69, 9.17) is 5.11 Å². The summed E-state index contributed by atoms with van der Waals surface area (Å²) in [7, 11) is 0. The van der Waals surface area contributed by atoms with E-state index in [1.54, 1.807) is 12.1 Å². The van der Waals surface area contributed by atoms with E-state index < -0.39 is 6.10 Å². The molecular weight excluding hydrogens is 221 g/mol. The van der Waals surface area contributed by atoms with E-state index in [1.807, 2.05) is 11.8 Å². The highest BCUT2D eigenvalue weighted by atomic mass is 19.1. The number of hydrogen-bond donors (Lipinski definition) is 2. The van der Waals surface area contributed by atoms with Crippen LogP contribution in [0.3, 0.4) is 0 Å². The predicted molar refractivity (Wildman–Crippen MR) is 65.2 cm³/mol. The van der Waals surface area contributed by atoms with Gasteiger partial charge >= 0.3 is 0 Å². The van der Waals surface area contributed by atoms with Gasteiger partial charge < -0.3 is 10.2 Å². The van der Waals surface area contributed by atoms with Crippen molar-refractivity contribution < 1.29 is 14.6 Å². The molecule has 0 bridgehead atoms. The first-order chi connectivity index (χ1) is 8.17. The van der Waals surface area contributed by atoms with Gasteiger partial charge in [-0.2, -0.15) is 0 Å². The van der Waals surface area contributed by atoms with Crippen LogP contribution in [-0.4, -0.2) is 41.4 Å². The Kier molecular flexibility index (Phi) is 6.11. The zero-order valence-corrected chi connectivity index (χ0v) is 10.1. The second kappa shape index (κ2) is 7.37. The lowest BCUT2D eigenvalue weighted by molar-refractivity contribution is 0.0996. The number of rotatable bonds is 7. The van der Waals surface area contributed by atoms with Gasteiger partial charge in [-0.25, -0.2) is 4.39 Å². The number of hydrogen-bond acceptors (Lipinski definition) is 3. The van der Waals surface area contributed by atoms with Crippen LogP contribution < -0.4 is 0 Å². The summed E-state index contributed by atoms with van der Waals surface area (Å²) in [6.45, 7) is 3.86. The van der Waals surface area contributed by atoms with Crippen molar-refractivity contribution in [1.82, 2.24) is 4.90 Å². The van der Waals surface area contributed by atoms with E-state index in [1.165, 1.54) is 12.1 Å². The lowest BCUT2D eigenvalue weighted by Gasteiger charge is -2.23. The molecule has 2 N–H and O–H groups in total. The molecule has 0 aromatic heterocycles. The van der Waals surface area contributed by atoms with Gasteiger partial charge in [-0.1, -0.05) is 19.1 Å². The fraction of sp³-hybridized carbons (Fsp3) is 0.538. The molecule has 4 heteroatoms. The van der Waals surface area contributed by atoms with Gasteiger partial charge in [-0.15, -0.1) is 0 Å². The minimum atomic E-state index is -0.719. The fourth-order valence-electron chi connectivity index (χ4n) is 1.82. The Morgan fingerprint density at radius 1 is 1.35 bits per heavy atom. The zero-order valence-electron chi connectivity index (χ0n) is 10.1. The van der Waals surface area contributed by atoms with Crippen LogP contribution in [0.25, 0.3) is 0 Å². The Morgan fingerprint density at radius 2 is 2.12 bits per heavy atom. The van der Waals surface area contributed by atoms with Crippen molar-refractivity contribution in [3.8, 4) is 0 Å². The summed E-state index contributed by atoms with van der Waals surface area (Å²) >= 11 is 0. The Labute approximate surface area is 101 Å². The molecule has 0 spiro atoms. The maximum atomic E-state index is 13.0. The third-order valence-electron chi connectivity index (χ3n) is 2.62. The third kappa shape index (κ3) is 4.81. The average molecular weight is 241 g/mol. The van der Waals surface area contributed by atoms with Gasteiger partial charge in [-0.3, -0.25) is 4.90 Å². The Hall–Kier alpha value is -0.970. The summed E-state index contributed by atoms with van der Waals surface area (Å²) in [4.78, 5) is 1.97. The molecule has 0 aliphatic heterocycles. The maximum absolute atomic E-state index is 13.0. The maximum Gasteiger partial charge on any atom is 0.123 e. The van der Waals surface area contributed by atoms with Gasteiger partial charge in [-0.05, 0) is 30.7 Å². The predicted octanol–water partition coefficient (Wildman–Crippen LogP) is 1.56. The van der Waals surface area contributed by atoms with Gasteiger partial charge in [0.05, 0.1) is 12.7 Å². The first-order valence-electron chi connectivity index (χ1n) is 5.94. The smallest absolute Gasteiger partial charge is 0.123 e. The van der Waals surface area contributed by atoms with Crippen molar-refractivity contribution in [1.29, 1.82) is 0 Å². The van der Waals surface area contributed by atoms with Crippen LogP contribution in [0, 0.1) is 5.82 Å². The van der Waals surface area contributed by atoms with Gasteiger partial charge in [0.2, 0.25) is 0 Å². The molecule has 3 nitrogen and oxygen atoms in total. The van der Waals surface area contributed by atoms with E-state index in [9.17, 15) is 9.50 Å². The zero-order chi connectivity index (χ0) is 12.7. The summed E-state index contributed by atoms with van der Waals surface area (Å²) in [6, 6.07) is 5.99. The Morgan fingerprint density at radius 3 is 2.71 bits per heavy atom. The lowest BCUT2D eigenvalue weighted by Crippen LogP contribution is -2.32. The van der Waals surface area contributed by atoms with E-state index in [0.29, 0.717) is 18.7 Å². The van der Waals surface area contributed by atoms with Crippen LogP contribution in [0.1, 0.15) is 25.0 Å². The van der Waals surface area contributed by atoms with Crippen molar-refractivity contribution >= 4 is 0 Å². The molecule has 1 aromatic carbocycles. The van der Waals surface area contributed by atoms with Crippen molar-refractivity contribution in [2.24, 2.45) is 0 Å².